The highest BCUT2D eigenvalue weighted by atomic mass is 32.1. The van der Waals surface area contributed by atoms with Crippen molar-refractivity contribution in [3.05, 3.63) is 17.5 Å². The molecule has 0 saturated carbocycles. The summed E-state index contributed by atoms with van der Waals surface area (Å²) in [6.07, 6.45) is 3.83. The van der Waals surface area contributed by atoms with E-state index >= 15 is 0 Å². The first kappa shape index (κ1) is 21.5. The van der Waals surface area contributed by atoms with Crippen molar-refractivity contribution < 1.29 is 9.47 Å². The van der Waals surface area contributed by atoms with Crippen molar-refractivity contribution in [2.45, 2.75) is 26.7 Å². The summed E-state index contributed by atoms with van der Waals surface area (Å²) < 4.78 is 12.2. The topological polar surface area (TPSA) is 75.6 Å². The number of hydrogen-bond donors (Lipinski definition) is 1. The van der Waals surface area contributed by atoms with Gasteiger partial charge in [0.1, 0.15) is 22.8 Å². The maximum atomic E-state index is 5.61. The molecule has 0 unspecified atom stereocenters. The molecule has 0 spiro atoms. The van der Waals surface area contributed by atoms with E-state index in [2.05, 4.69) is 33.9 Å². The van der Waals surface area contributed by atoms with Crippen LogP contribution >= 0.6 is 11.3 Å². The SMILES string of the molecule is CC1(C)Cc2c(N3CCOCC3)nc3sc4c(NCCN5CCOCC5)ncnc4c3c2C1. The van der Waals surface area contributed by atoms with Crippen molar-refractivity contribution in [2.24, 2.45) is 5.41 Å². The third kappa shape index (κ3) is 4.05. The van der Waals surface area contributed by atoms with Crippen molar-refractivity contribution in [1.29, 1.82) is 0 Å². The molecule has 6 rings (SSSR count). The summed E-state index contributed by atoms with van der Waals surface area (Å²) in [5, 5.41) is 4.82. The standard InChI is InChI=1S/C24H32N6O2S/c1-24(2)13-16-17(14-24)22(30-7-11-32-12-8-30)28-23-18(16)19-20(33-23)21(27-15-26-19)25-3-4-29-5-9-31-10-6-29/h15H,3-14H2,1-2H3,(H,25,26,27). The molecule has 2 aliphatic heterocycles. The van der Waals surface area contributed by atoms with Gasteiger partial charge in [0, 0.05) is 44.7 Å². The molecule has 5 heterocycles. The molecule has 1 N–H and O–H groups in total. The first-order chi connectivity index (χ1) is 16.1. The molecule has 3 aromatic heterocycles. The van der Waals surface area contributed by atoms with Gasteiger partial charge in [0.15, 0.2) is 0 Å². The number of hydrogen-bond acceptors (Lipinski definition) is 9. The summed E-state index contributed by atoms with van der Waals surface area (Å²) >= 11 is 1.73. The Balaban J connectivity index is 1.38. The van der Waals surface area contributed by atoms with Gasteiger partial charge in [0.2, 0.25) is 0 Å². The minimum absolute atomic E-state index is 0.236. The molecule has 3 aromatic rings. The van der Waals surface area contributed by atoms with Crippen molar-refractivity contribution in [2.75, 3.05) is 75.9 Å². The summed E-state index contributed by atoms with van der Waals surface area (Å²) in [5.74, 6) is 2.09. The van der Waals surface area contributed by atoms with E-state index in [9.17, 15) is 0 Å². The highest BCUT2D eigenvalue weighted by Gasteiger charge is 2.35. The van der Waals surface area contributed by atoms with E-state index in [1.54, 1.807) is 17.7 Å². The predicted octanol–water partition coefficient (Wildman–Crippen LogP) is 2.95. The molecule has 2 saturated heterocycles. The van der Waals surface area contributed by atoms with Crippen LogP contribution < -0.4 is 10.2 Å². The first-order valence-electron chi connectivity index (χ1n) is 12.0. The normalized spacial score (nSPS) is 21.1. The summed E-state index contributed by atoms with van der Waals surface area (Å²) in [7, 11) is 0. The van der Waals surface area contributed by atoms with Crippen LogP contribution in [-0.2, 0) is 22.3 Å². The lowest BCUT2D eigenvalue weighted by molar-refractivity contribution is 0.0398. The Morgan fingerprint density at radius 3 is 2.52 bits per heavy atom. The van der Waals surface area contributed by atoms with Gasteiger partial charge in [-0.25, -0.2) is 15.0 Å². The number of nitrogens with one attached hydrogen (secondary N) is 1. The first-order valence-corrected chi connectivity index (χ1v) is 12.9. The molecule has 176 valence electrons. The molecule has 1 aliphatic carbocycles. The average Bonchev–Trinajstić information content (AvgIpc) is 3.36. The molecule has 0 bridgehead atoms. The minimum Gasteiger partial charge on any atom is -0.379 e. The number of rotatable bonds is 5. The third-order valence-electron chi connectivity index (χ3n) is 7.04. The number of morpholine rings is 2. The van der Waals surface area contributed by atoms with Crippen molar-refractivity contribution in [3.63, 3.8) is 0 Å². The number of fused-ring (bicyclic) bond motifs is 5. The van der Waals surface area contributed by atoms with E-state index in [0.29, 0.717) is 0 Å². The van der Waals surface area contributed by atoms with Crippen LogP contribution in [0.4, 0.5) is 11.6 Å². The fraction of sp³-hybridized carbons (Fsp3) is 0.625. The van der Waals surface area contributed by atoms with Crippen LogP contribution in [0.3, 0.4) is 0 Å². The molecule has 0 atom stereocenters. The van der Waals surface area contributed by atoms with Gasteiger partial charge in [-0.3, -0.25) is 4.90 Å². The molecule has 2 fully saturated rings. The van der Waals surface area contributed by atoms with Gasteiger partial charge in [0.05, 0.1) is 36.6 Å². The molecule has 33 heavy (non-hydrogen) atoms. The number of thiophene rings is 1. The zero-order chi connectivity index (χ0) is 22.4. The molecular weight excluding hydrogens is 436 g/mol. The lowest BCUT2D eigenvalue weighted by Gasteiger charge is -2.29. The molecule has 0 radical (unpaired) electrons. The predicted molar refractivity (Wildman–Crippen MR) is 133 cm³/mol. The van der Waals surface area contributed by atoms with Gasteiger partial charge in [-0.05, 0) is 29.4 Å². The molecule has 8 nitrogen and oxygen atoms in total. The van der Waals surface area contributed by atoms with Crippen LogP contribution in [0.2, 0.25) is 0 Å². The minimum atomic E-state index is 0.236. The van der Waals surface area contributed by atoms with Crippen LogP contribution in [0.1, 0.15) is 25.0 Å². The van der Waals surface area contributed by atoms with Gasteiger partial charge in [-0.1, -0.05) is 13.8 Å². The monoisotopic (exact) mass is 468 g/mol. The number of pyridine rings is 1. The van der Waals surface area contributed by atoms with Gasteiger partial charge in [0.25, 0.3) is 0 Å². The van der Waals surface area contributed by atoms with E-state index < -0.39 is 0 Å². The van der Waals surface area contributed by atoms with E-state index in [0.717, 1.165) is 105 Å². The average molecular weight is 469 g/mol. The fourth-order valence-corrected chi connectivity index (χ4v) is 6.54. The molecular formula is C24H32N6O2S. The largest absolute Gasteiger partial charge is 0.379 e. The van der Waals surface area contributed by atoms with Crippen molar-refractivity contribution >= 4 is 43.4 Å². The van der Waals surface area contributed by atoms with E-state index in [1.807, 2.05) is 0 Å². The van der Waals surface area contributed by atoms with Gasteiger partial charge in [-0.15, -0.1) is 11.3 Å². The number of anilines is 2. The zero-order valence-corrected chi connectivity index (χ0v) is 20.3. The Morgan fingerprint density at radius 2 is 1.73 bits per heavy atom. The molecule has 0 amide bonds. The Morgan fingerprint density at radius 1 is 1.00 bits per heavy atom. The van der Waals surface area contributed by atoms with Crippen LogP contribution in [0.5, 0.6) is 0 Å². The maximum Gasteiger partial charge on any atom is 0.147 e. The van der Waals surface area contributed by atoms with Gasteiger partial charge < -0.3 is 19.7 Å². The highest BCUT2D eigenvalue weighted by molar-refractivity contribution is 7.26. The smallest absolute Gasteiger partial charge is 0.147 e. The summed E-state index contributed by atoms with van der Waals surface area (Å²) in [4.78, 5) is 20.5. The second-order valence-electron chi connectivity index (χ2n) is 10.1. The summed E-state index contributed by atoms with van der Waals surface area (Å²) in [6.45, 7) is 13.6. The quantitative estimate of drug-likeness (QED) is 0.613. The fourth-order valence-electron chi connectivity index (χ4n) is 5.42. The molecule has 3 aliphatic rings. The molecule has 0 aromatic carbocycles. The Labute approximate surface area is 198 Å². The van der Waals surface area contributed by atoms with Gasteiger partial charge >= 0.3 is 0 Å². The number of ether oxygens (including phenoxy) is 2. The Kier molecular flexibility index (Phi) is 5.60. The lowest BCUT2D eigenvalue weighted by Crippen LogP contribution is -2.39. The maximum absolute atomic E-state index is 5.61. The van der Waals surface area contributed by atoms with Gasteiger partial charge in [-0.2, -0.15) is 0 Å². The van der Waals surface area contributed by atoms with Crippen molar-refractivity contribution in [1.82, 2.24) is 19.9 Å². The number of nitrogens with zero attached hydrogens (tertiary/aromatic N) is 5. The van der Waals surface area contributed by atoms with E-state index in [4.69, 9.17) is 19.4 Å². The summed E-state index contributed by atoms with van der Waals surface area (Å²) in [6, 6.07) is 0. The Hall–Kier alpha value is -2.07. The van der Waals surface area contributed by atoms with E-state index in [-0.39, 0.29) is 5.41 Å². The van der Waals surface area contributed by atoms with Crippen LogP contribution in [0, 0.1) is 5.41 Å². The van der Waals surface area contributed by atoms with Crippen LogP contribution in [0.25, 0.3) is 20.4 Å². The lowest BCUT2D eigenvalue weighted by atomic mass is 9.90. The van der Waals surface area contributed by atoms with Crippen LogP contribution in [0.15, 0.2) is 6.33 Å². The second kappa shape index (κ2) is 8.61. The number of aromatic nitrogens is 3. The Bertz CT molecular complexity index is 1170. The van der Waals surface area contributed by atoms with Crippen molar-refractivity contribution in [3.8, 4) is 0 Å². The molecule has 9 heteroatoms. The highest BCUT2D eigenvalue weighted by Crippen LogP contribution is 2.47. The van der Waals surface area contributed by atoms with E-state index in [1.165, 1.54) is 16.5 Å². The third-order valence-corrected chi connectivity index (χ3v) is 8.12. The summed E-state index contributed by atoms with van der Waals surface area (Å²) in [5.41, 5.74) is 4.14. The zero-order valence-electron chi connectivity index (χ0n) is 19.5. The second-order valence-corrected chi connectivity index (χ2v) is 11.1. The van der Waals surface area contributed by atoms with Crippen LogP contribution in [-0.4, -0.2) is 85.5 Å².